The maximum Gasteiger partial charge on any atom is 0.319 e. The van der Waals surface area contributed by atoms with E-state index in [1.54, 1.807) is 0 Å². The average molecular weight is 334 g/mol. The highest BCUT2D eigenvalue weighted by molar-refractivity contribution is 6.32. The minimum absolute atomic E-state index is 0.0671. The highest BCUT2D eigenvalue weighted by Gasteiger charge is 2.22. The molecule has 0 saturated carbocycles. The number of primary amides is 1. The van der Waals surface area contributed by atoms with Crippen molar-refractivity contribution in [1.29, 1.82) is 0 Å². The van der Waals surface area contributed by atoms with E-state index in [9.17, 15) is 18.8 Å². The molecule has 128 valence electrons. The van der Waals surface area contributed by atoms with Gasteiger partial charge in [-0.1, -0.05) is 25.4 Å². The van der Waals surface area contributed by atoms with Crippen molar-refractivity contribution in [3.8, 4) is 0 Å². The summed E-state index contributed by atoms with van der Waals surface area (Å²) in [5.74, 6) is -1.83. The Bertz CT molecular complexity index is 625. The first-order valence-corrected chi connectivity index (χ1v) is 7.37. The fraction of sp³-hybridized carbons (Fsp3) is 0.400. The zero-order chi connectivity index (χ0) is 18.3. The molecular formula is C15H20BFN4O3. The average Bonchev–Trinajstić information content (AvgIpc) is 2.46. The highest BCUT2D eigenvalue weighted by atomic mass is 19.1. The minimum atomic E-state index is -0.888. The molecule has 9 heteroatoms. The van der Waals surface area contributed by atoms with Crippen molar-refractivity contribution < 1.29 is 18.8 Å². The molecule has 0 spiro atoms. The van der Waals surface area contributed by atoms with Crippen LogP contribution in [0.5, 0.6) is 0 Å². The number of hydrogen-bond acceptors (Lipinski definition) is 3. The molecule has 5 N–H and O–H groups in total. The smallest absolute Gasteiger partial charge is 0.319 e. The molecule has 0 aromatic heterocycles. The summed E-state index contributed by atoms with van der Waals surface area (Å²) < 4.78 is 13.7. The maximum atomic E-state index is 13.7. The number of amides is 4. The Kier molecular flexibility index (Phi) is 7.22. The minimum Gasteiger partial charge on any atom is -0.368 e. The van der Waals surface area contributed by atoms with E-state index in [0.717, 1.165) is 6.07 Å². The zero-order valence-corrected chi connectivity index (χ0v) is 13.6. The summed E-state index contributed by atoms with van der Waals surface area (Å²) in [6.07, 6.45) is 0.336. The number of carbonyl (C=O) groups is 3. The third-order valence-corrected chi connectivity index (χ3v) is 3.01. The SMILES string of the molecule is [B]c1ccc(NC(=O)N[C@@H](CC(C)C)C(=O)NCC(N)=O)c(F)c1. The monoisotopic (exact) mass is 334 g/mol. The van der Waals surface area contributed by atoms with E-state index in [-0.39, 0.29) is 23.6 Å². The predicted octanol–water partition coefficient (Wildman–Crippen LogP) is -0.243. The molecular weight excluding hydrogens is 314 g/mol. The molecule has 1 aromatic carbocycles. The molecule has 0 aliphatic heterocycles. The number of nitrogens with two attached hydrogens (primary N) is 1. The van der Waals surface area contributed by atoms with Crippen LogP contribution in [0, 0.1) is 11.7 Å². The number of carbonyl (C=O) groups excluding carboxylic acids is 3. The number of anilines is 1. The lowest BCUT2D eigenvalue weighted by atomic mass is 9.96. The van der Waals surface area contributed by atoms with Crippen LogP contribution in [0.1, 0.15) is 20.3 Å². The van der Waals surface area contributed by atoms with Crippen LogP contribution < -0.4 is 27.1 Å². The van der Waals surface area contributed by atoms with Crippen LogP contribution >= 0.6 is 0 Å². The van der Waals surface area contributed by atoms with Crippen molar-refractivity contribution in [3.05, 3.63) is 24.0 Å². The topological polar surface area (TPSA) is 113 Å². The van der Waals surface area contributed by atoms with Gasteiger partial charge in [-0.05, 0) is 24.5 Å². The van der Waals surface area contributed by atoms with Gasteiger partial charge < -0.3 is 21.7 Å². The Balaban J connectivity index is 2.72. The first kappa shape index (κ1) is 19.5. The number of benzene rings is 1. The number of rotatable bonds is 7. The molecule has 1 aromatic rings. The van der Waals surface area contributed by atoms with Gasteiger partial charge in [0, 0.05) is 0 Å². The van der Waals surface area contributed by atoms with Crippen LogP contribution in [0.4, 0.5) is 14.9 Å². The highest BCUT2D eigenvalue weighted by Crippen LogP contribution is 2.11. The molecule has 2 radical (unpaired) electrons. The number of hydrogen-bond donors (Lipinski definition) is 4. The van der Waals surface area contributed by atoms with Crippen LogP contribution in [0.15, 0.2) is 18.2 Å². The summed E-state index contributed by atoms with van der Waals surface area (Å²) in [5, 5.41) is 7.09. The van der Waals surface area contributed by atoms with Gasteiger partial charge in [-0.15, -0.1) is 0 Å². The summed E-state index contributed by atoms with van der Waals surface area (Å²) in [5.41, 5.74) is 5.13. The molecule has 7 nitrogen and oxygen atoms in total. The molecule has 0 heterocycles. The zero-order valence-electron chi connectivity index (χ0n) is 13.6. The van der Waals surface area contributed by atoms with Gasteiger partial charge in [0.25, 0.3) is 0 Å². The van der Waals surface area contributed by atoms with Gasteiger partial charge in [0.15, 0.2) is 0 Å². The number of halogens is 1. The van der Waals surface area contributed by atoms with Crippen LogP contribution in [0.25, 0.3) is 0 Å². The molecule has 1 atom stereocenters. The van der Waals surface area contributed by atoms with Crippen molar-refractivity contribution in [1.82, 2.24) is 10.6 Å². The van der Waals surface area contributed by atoms with Crippen LogP contribution in [0.2, 0.25) is 0 Å². The molecule has 4 amide bonds. The Morgan fingerprint density at radius 2 is 1.96 bits per heavy atom. The Hall–Kier alpha value is -2.58. The van der Waals surface area contributed by atoms with Gasteiger partial charge in [0.05, 0.1) is 12.2 Å². The fourth-order valence-electron chi connectivity index (χ4n) is 1.95. The summed E-state index contributed by atoms with van der Waals surface area (Å²) in [6.45, 7) is 3.41. The molecule has 1 rings (SSSR count). The van der Waals surface area contributed by atoms with Gasteiger partial charge in [-0.25, -0.2) is 9.18 Å². The molecule has 24 heavy (non-hydrogen) atoms. The summed E-state index contributed by atoms with van der Waals surface area (Å²) in [6, 6.07) is 2.18. The van der Waals surface area contributed by atoms with Crippen molar-refractivity contribution in [3.63, 3.8) is 0 Å². The standard InChI is InChI=1S/C15H20BFN4O3/c1-8(2)5-12(14(23)19-7-13(18)22)21-15(24)20-11-4-3-9(16)6-10(11)17/h3-4,6,8,12H,5,7H2,1-2H3,(H2,18,22)(H,19,23)(H2,20,21,24)/t12-/m0/s1. The lowest BCUT2D eigenvalue weighted by Crippen LogP contribution is -2.50. The van der Waals surface area contributed by atoms with Crippen LogP contribution in [-0.4, -0.2) is 38.3 Å². The summed E-state index contributed by atoms with van der Waals surface area (Å²) >= 11 is 0. The molecule has 0 unspecified atom stereocenters. The lowest BCUT2D eigenvalue weighted by molar-refractivity contribution is -0.126. The van der Waals surface area contributed by atoms with Gasteiger partial charge in [0.2, 0.25) is 11.8 Å². The van der Waals surface area contributed by atoms with Gasteiger partial charge in [-0.2, -0.15) is 0 Å². The lowest BCUT2D eigenvalue weighted by Gasteiger charge is -2.20. The maximum absolute atomic E-state index is 13.7. The van der Waals surface area contributed by atoms with E-state index >= 15 is 0 Å². The number of urea groups is 1. The summed E-state index contributed by atoms with van der Waals surface area (Å²) in [4.78, 5) is 34.8. The van der Waals surface area contributed by atoms with Gasteiger partial charge in [-0.3, -0.25) is 9.59 Å². The Labute approximate surface area is 141 Å². The van der Waals surface area contributed by atoms with E-state index < -0.39 is 29.7 Å². The second-order valence-corrected chi connectivity index (χ2v) is 5.70. The molecule has 0 aliphatic carbocycles. The first-order valence-electron chi connectivity index (χ1n) is 7.37. The molecule has 0 aliphatic rings. The molecule has 0 fully saturated rings. The van der Waals surface area contributed by atoms with Crippen molar-refractivity contribution in [2.24, 2.45) is 11.7 Å². The van der Waals surface area contributed by atoms with Gasteiger partial charge in [0.1, 0.15) is 19.7 Å². The Morgan fingerprint density at radius 3 is 2.50 bits per heavy atom. The van der Waals surface area contributed by atoms with Crippen LogP contribution in [0.3, 0.4) is 0 Å². The van der Waals surface area contributed by atoms with Crippen molar-refractivity contribution in [2.45, 2.75) is 26.3 Å². The quantitative estimate of drug-likeness (QED) is 0.516. The van der Waals surface area contributed by atoms with Crippen molar-refractivity contribution >= 4 is 36.8 Å². The van der Waals surface area contributed by atoms with Crippen molar-refractivity contribution in [2.75, 3.05) is 11.9 Å². The Morgan fingerprint density at radius 1 is 1.29 bits per heavy atom. The molecule has 0 saturated heterocycles. The fourth-order valence-corrected chi connectivity index (χ4v) is 1.95. The van der Waals surface area contributed by atoms with E-state index in [1.807, 2.05) is 13.8 Å². The molecule has 0 bridgehead atoms. The summed E-state index contributed by atoms with van der Waals surface area (Å²) in [7, 11) is 5.43. The third kappa shape index (κ3) is 6.68. The normalized spacial score (nSPS) is 11.7. The van der Waals surface area contributed by atoms with Crippen LogP contribution in [-0.2, 0) is 9.59 Å². The third-order valence-electron chi connectivity index (χ3n) is 3.01. The van der Waals surface area contributed by atoms with Gasteiger partial charge >= 0.3 is 6.03 Å². The predicted molar refractivity (Wildman–Crippen MR) is 89.4 cm³/mol. The second-order valence-electron chi connectivity index (χ2n) is 5.70. The largest absolute Gasteiger partial charge is 0.368 e. The number of nitrogens with one attached hydrogen (secondary N) is 3. The second kappa shape index (κ2) is 8.90. The van der Waals surface area contributed by atoms with E-state index in [4.69, 9.17) is 13.6 Å². The van der Waals surface area contributed by atoms with E-state index in [2.05, 4.69) is 16.0 Å². The first-order chi connectivity index (χ1) is 11.2. The van der Waals surface area contributed by atoms with E-state index in [1.165, 1.54) is 12.1 Å². The van der Waals surface area contributed by atoms with E-state index in [0.29, 0.717) is 6.42 Å².